The summed E-state index contributed by atoms with van der Waals surface area (Å²) in [6.07, 6.45) is 0. The summed E-state index contributed by atoms with van der Waals surface area (Å²) < 4.78 is 18.4. The van der Waals surface area contributed by atoms with Crippen molar-refractivity contribution in [3.05, 3.63) is 63.9 Å². The van der Waals surface area contributed by atoms with Gasteiger partial charge in [-0.15, -0.1) is 0 Å². The van der Waals surface area contributed by atoms with E-state index < -0.39 is 5.97 Å². The zero-order valence-corrected chi connectivity index (χ0v) is 12.5. The smallest absolute Gasteiger partial charge is 0.338 e. The third kappa shape index (κ3) is 3.52. The summed E-state index contributed by atoms with van der Waals surface area (Å²) in [4.78, 5) is 11.6. The van der Waals surface area contributed by atoms with Gasteiger partial charge in [0.2, 0.25) is 0 Å². The average Bonchev–Trinajstić information content (AvgIpc) is 2.47. The van der Waals surface area contributed by atoms with Crippen LogP contribution < -0.4 is 5.32 Å². The van der Waals surface area contributed by atoms with E-state index in [0.717, 1.165) is 11.3 Å². The molecular formula is C16H15ClFNO2. The quantitative estimate of drug-likeness (QED) is 0.861. The van der Waals surface area contributed by atoms with Gasteiger partial charge in [-0.25, -0.2) is 9.18 Å². The van der Waals surface area contributed by atoms with Crippen LogP contribution in [0.2, 0.25) is 5.02 Å². The lowest BCUT2D eigenvalue weighted by Crippen LogP contribution is -2.08. The average molecular weight is 308 g/mol. The Labute approximate surface area is 127 Å². The van der Waals surface area contributed by atoms with Crippen molar-refractivity contribution in [2.24, 2.45) is 0 Å². The largest absolute Gasteiger partial charge is 0.465 e. The summed E-state index contributed by atoms with van der Waals surface area (Å²) in [6.45, 7) is 2.11. The van der Waals surface area contributed by atoms with Crippen LogP contribution >= 0.6 is 11.6 Å². The molecule has 0 aliphatic carbocycles. The highest BCUT2D eigenvalue weighted by Gasteiger charge is 2.12. The first-order valence-electron chi connectivity index (χ1n) is 6.38. The van der Waals surface area contributed by atoms with Gasteiger partial charge in [0.25, 0.3) is 0 Å². The Balaban J connectivity index is 2.18. The molecule has 3 nitrogen and oxygen atoms in total. The van der Waals surface area contributed by atoms with Crippen LogP contribution in [0.3, 0.4) is 0 Å². The minimum Gasteiger partial charge on any atom is -0.465 e. The van der Waals surface area contributed by atoms with Crippen molar-refractivity contribution in [2.45, 2.75) is 13.5 Å². The third-order valence-corrected chi connectivity index (χ3v) is 3.46. The number of benzene rings is 2. The number of hydrogen-bond acceptors (Lipinski definition) is 3. The Hall–Kier alpha value is -2.07. The molecule has 21 heavy (non-hydrogen) atoms. The standard InChI is InChI=1S/C16H15ClFNO2/c1-10-13(16(20)21-2)4-3-5-15(10)19-9-11-6-7-12(17)8-14(11)18/h3-8,19H,9H2,1-2H3. The molecule has 5 heteroatoms. The molecule has 2 aromatic carbocycles. The maximum Gasteiger partial charge on any atom is 0.338 e. The molecule has 0 aliphatic rings. The second-order valence-corrected chi connectivity index (χ2v) is 5.00. The van der Waals surface area contributed by atoms with E-state index in [-0.39, 0.29) is 5.82 Å². The second-order valence-electron chi connectivity index (χ2n) is 4.56. The van der Waals surface area contributed by atoms with Gasteiger partial charge in [0.1, 0.15) is 5.82 Å². The summed E-state index contributed by atoms with van der Waals surface area (Å²) in [7, 11) is 1.34. The van der Waals surface area contributed by atoms with Crippen LogP contribution in [0.25, 0.3) is 0 Å². The lowest BCUT2D eigenvalue weighted by molar-refractivity contribution is 0.0600. The zero-order chi connectivity index (χ0) is 15.4. The van der Waals surface area contributed by atoms with Gasteiger partial charge < -0.3 is 10.1 Å². The molecule has 110 valence electrons. The van der Waals surface area contributed by atoms with Gasteiger partial charge in [-0.1, -0.05) is 23.7 Å². The number of hydrogen-bond donors (Lipinski definition) is 1. The molecule has 0 saturated heterocycles. The Bertz CT molecular complexity index is 673. The monoisotopic (exact) mass is 307 g/mol. The fourth-order valence-electron chi connectivity index (χ4n) is 2.01. The minimum absolute atomic E-state index is 0.300. The number of ether oxygens (including phenoxy) is 1. The Morgan fingerprint density at radius 3 is 2.76 bits per heavy atom. The van der Waals surface area contributed by atoms with Gasteiger partial charge in [0.05, 0.1) is 12.7 Å². The van der Waals surface area contributed by atoms with Crippen molar-refractivity contribution in [2.75, 3.05) is 12.4 Å². The molecular weight excluding hydrogens is 293 g/mol. The number of esters is 1. The predicted molar refractivity (Wildman–Crippen MR) is 81.3 cm³/mol. The van der Waals surface area contributed by atoms with Crippen LogP contribution in [0.4, 0.5) is 10.1 Å². The number of rotatable bonds is 4. The first-order valence-corrected chi connectivity index (χ1v) is 6.76. The zero-order valence-electron chi connectivity index (χ0n) is 11.7. The molecule has 0 atom stereocenters. The van der Waals surface area contributed by atoms with E-state index >= 15 is 0 Å². The summed E-state index contributed by atoms with van der Waals surface area (Å²) in [5, 5.41) is 3.48. The molecule has 0 spiro atoms. The van der Waals surface area contributed by atoms with Crippen LogP contribution in [-0.2, 0) is 11.3 Å². The predicted octanol–water partition coefficient (Wildman–Crippen LogP) is 4.19. The summed E-state index contributed by atoms with van der Waals surface area (Å²) in [6, 6.07) is 9.81. The van der Waals surface area contributed by atoms with Gasteiger partial charge in [0.15, 0.2) is 0 Å². The highest BCUT2D eigenvalue weighted by atomic mass is 35.5. The molecule has 0 unspecified atom stereocenters. The second kappa shape index (κ2) is 6.59. The minimum atomic E-state index is -0.395. The van der Waals surface area contributed by atoms with Gasteiger partial charge in [-0.2, -0.15) is 0 Å². The molecule has 2 aromatic rings. The van der Waals surface area contributed by atoms with Gasteiger partial charge in [0, 0.05) is 22.8 Å². The molecule has 0 amide bonds. The van der Waals surface area contributed by atoms with E-state index in [4.69, 9.17) is 16.3 Å². The van der Waals surface area contributed by atoms with Crippen LogP contribution in [0, 0.1) is 12.7 Å². The summed E-state index contributed by atoms with van der Waals surface area (Å²) >= 11 is 5.72. The van der Waals surface area contributed by atoms with E-state index in [0.29, 0.717) is 22.7 Å². The molecule has 0 aromatic heterocycles. The number of anilines is 1. The Morgan fingerprint density at radius 1 is 1.33 bits per heavy atom. The van der Waals surface area contributed by atoms with Gasteiger partial charge in [-0.05, 0) is 36.8 Å². The number of methoxy groups -OCH3 is 1. The number of nitrogens with one attached hydrogen (secondary N) is 1. The number of carbonyl (C=O) groups excluding carboxylic acids is 1. The van der Waals surface area contributed by atoms with Crippen molar-refractivity contribution in [3.8, 4) is 0 Å². The topological polar surface area (TPSA) is 38.3 Å². The normalized spacial score (nSPS) is 10.3. The highest BCUT2D eigenvalue weighted by molar-refractivity contribution is 6.30. The maximum absolute atomic E-state index is 13.7. The van der Waals surface area contributed by atoms with Gasteiger partial charge in [-0.3, -0.25) is 0 Å². The van der Waals surface area contributed by atoms with Crippen molar-refractivity contribution < 1.29 is 13.9 Å². The van der Waals surface area contributed by atoms with Crippen molar-refractivity contribution in [3.63, 3.8) is 0 Å². The van der Waals surface area contributed by atoms with E-state index in [2.05, 4.69) is 5.32 Å². The Kier molecular flexibility index (Phi) is 4.81. The van der Waals surface area contributed by atoms with E-state index in [1.54, 1.807) is 24.3 Å². The molecule has 0 heterocycles. The SMILES string of the molecule is COC(=O)c1cccc(NCc2ccc(Cl)cc2F)c1C. The van der Waals surface area contributed by atoms with Crippen molar-refractivity contribution in [1.82, 2.24) is 0 Å². The lowest BCUT2D eigenvalue weighted by Gasteiger charge is -2.13. The summed E-state index contributed by atoms with van der Waals surface area (Å²) in [5.41, 5.74) is 2.51. The van der Waals surface area contributed by atoms with Gasteiger partial charge >= 0.3 is 5.97 Å². The molecule has 1 N–H and O–H groups in total. The molecule has 0 radical (unpaired) electrons. The van der Waals surface area contributed by atoms with E-state index in [9.17, 15) is 9.18 Å². The molecule has 2 rings (SSSR count). The van der Waals surface area contributed by atoms with Crippen LogP contribution in [0.15, 0.2) is 36.4 Å². The number of carbonyl (C=O) groups is 1. The lowest BCUT2D eigenvalue weighted by atomic mass is 10.1. The maximum atomic E-state index is 13.7. The highest BCUT2D eigenvalue weighted by Crippen LogP contribution is 2.21. The Morgan fingerprint density at radius 2 is 2.10 bits per heavy atom. The first kappa shape index (κ1) is 15.3. The van der Waals surface area contributed by atoms with E-state index in [1.165, 1.54) is 13.2 Å². The fraction of sp³-hybridized carbons (Fsp3) is 0.188. The third-order valence-electron chi connectivity index (χ3n) is 3.22. The van der Waals surface area contributed by atoms with Crippen LogP contribution in [-0.4, -0.2) is 13.1 Å². The van der Waals surface area contributed by atoms with Crippen LogP contribution in [0.1, 0.15) is 21.5 Å². The molecule has 0 saturated carbocycles. The molecule has 0 bridgehead atoms. The van der Waals surface area contributed by atoms with E-state index in [1.807, 2.05) is 13.0 Å². The van der Waals surface area contributed by atoms with Crippen LogP contribution in [0.5, 0.6) is 0 Å². The number of halogens is 2. The fourth-order valence-corrected chi connectivity index (χ4v) is 2.17. The van der Waals surface area contributed by atoms with Crippen molar-refractivity contribution in [1.29, 1.82) is 0 Å². The first-order chi connectivity index (χ1) is 10.0. The van der Waals surface area contributed by atoms with Crippen molar-refractivity contribution >= 4 is 23.3 Å². The molecule has 0 aliphatic heterocycles. The molecule has 0 fully saturated rings. The summed E-state index contributed by atoms with van der Waals surface area (Å²) in [5.74, 6) is -0.759.